The third-order valence-corrected chi connectivity index (χ3v) is 4.53. The molecule has 5 heteroatoms. The van der Waals surface area contributed by atoms with Gasteiger partial charge in [0.15, 0.2) is 0 Å². The van der Waals surface area contributed by atoms with Crippen molar-refractivity contribution in [2.24, 2.45) is 12.8 Å². The largest absolute Gasteiger partial charge is 0.487 e. The van der Waals surface area contributed by atoms with Crippen molar-refractivity contribution < 1.29 is 4.74 Å². The van der Waals surface area contributed by atoms with Crippen LogP contribution in [0, 0.1) is 13.8 Å². The quantitative estimate of drug-likeness (QED) is 0.897. The third kappa shape index (κ3) is 3.30. The van der Waals surface area contributed by atoms with E-state index in [1.807, 2.05) is 11.7 Å². The lowest BCUT2D eigenvalue weighted by Crippen LogP contribution is -2.06. The van der Waals surface area contributed by atoms with Crippen molar-refractivity contribution in [2.75, 3.05) is 0 Å². The predicted molar refractivity (Wildman–Crippen MR) is 88.4 cm³/mol. The molecule has 0 bridgehead atoms. The van der Waals surface area contributed by atoms with Gasteiger partial charge in [-0.2, -0.15) is 5.10 Å². The molecule has 0 saturated carbocycles. The van der Waals surface area contributed by atoms with Crippen LogP contribution in [-0.2, 0) is 26.6 Å². The Morgan fingerprint density at radius 1 is 1.29 bits per heavy atom. The van der Waals surface area contributed by atoms with Crippen molar-refractivity contribution in [1.82, 2.24) is 9.78 Å². The lowest BCUT2D eigenvalue weighted by Gasteiger charge is -2.14. The zero-order chi connectivity index (χ0) is 15.6. The maximum absolute atomic E-state index is 6.04. The monoisotopic (exact) mass is 351 g/mol. The Labute approximate surface area is 134 Å². The van der Waals surface area contributed by atoms with Crippen LogP contribution in [0.15, 0.2) is 16.6 Å². The van der Waals surface area contributed by atoms with Gasteiger partial charge < -0.3 is 10.5 Å². The van der Waals surface area contributed by atoms with E-state index in [9.17, 15) is 0 Å². The first-order valence-electron chi connectivity index (χ1n) is 7.11. The fourth-order valence-corrected chi connectivity index (χ4v) is 3.23. The van der Waals surface area contributed by atoms with Gasteiger partial charge in [-0.3, -0.25) is 4.68 Å². The Morgan fingerprint density at radius 2 is 1.90 bits per heavy atom. The summed E-state index contributed by atoms with van der Waals surface area (Å²) in [7, 11) is 1.94. The molecule has 1 aromatic carbocycles. The fraction of sp³-hybridized carbons (Fsp3) is 0.438. The van der Waals surface area contributed by atoms with Crippen LogP contribution in [-0.4, -0.2) is 9.78 Å². The van der Waals surface area contributed by atoms with E-state index in [1.54, 1.807) is 0 Å². The van der Waals surface area contributed by atoms with E-state index in [2.05, 4.69) is 53.9 Å². The summed E-state index contributed by atoms with van der Waals surface area (Å²) < 4.78 is 8.96. The summed E-state index contributed by atoms with van der Waals surface area (Å²) in [4.78, 5) is 0. The molecule has 0 aliphatic heterocycles. The molecule has 2 rings (SSSR count). The van der Waals surface area contributed by atoms with Gasteiger partial charge in [0.05, 0.1) is 15.9 Å². The number of nitrogens with two attached hydrogens (primary N) is 1. The van der Waals surface area contributed by atoms with Gasteiger partial charge in [0.25, 0.3) is 0 Å². The molecule has 0 fully saturated rings. The van der Waals surface area contributed by atoms with Crippen LogP contribution in [0.2, 0.25) is 0 Å². The molecule has 0 saturated heterocycles. The average molecular weight is 352 g/mol. The van der Waals surface area contributed by atoms with Crippen LogP contribution < -0.4 is 10.5 Å². The van der Waals surface area contributed by atoms with E-state index < -0.39 is 0 Å². The van der Waals surface area contributed by atoms with Crippen LogP contribution in [0.3, 0.4) is 0 Å². The molecule has 0 spiro atoms. The average Bonchev–Trinajstić information content (AvgIpc) is 2.72. The molecule has 0 aliphatic rings. The maximum atomic E-state index is 6.04. The summed E-state index contributed by atoms with van der Waals surface area (Å²) in [5.41, 5.74) is 11.2. The molecule has 2 aromatic rings. The van der Waals surface area contributed by atoms with E-state index in [4.69, 9.17) is 10.5 Å². The number of halogens is 1. The molecule has 0 amide bonds. The number of aryl methyl sites for hydroxylation is 4. The molecule has 0 aliphatic carbocycles. The zero-order valence-electron chi connectivity index (χ0n) is 13.0. The number of aromatic nitrogens is 2. The molecule has 21 heavy (non-hydrogen) atoms. The molecule has 1 aromatic heterocycles. The van der Waals surface area contributed by atoms with E-state index >= 15 is 0 Å². The normalized spacial score (nSPS) is 11.0. The highest BCUT2D eigenvalue weighted by Gasteiger charge is 2.14. The number of hydrogen-bond donors (Lipinski definition) is 1. The molecular weight excluding hydrogens is 330 g/mol. The lowest BCUT2D eigenvalue weighted by atomic mass is 10.1. The lowest BCUT2D eigenvalue weighted by molar-refractivity contribution is 0.290. The highest BCUT2D eigenvalue weighted by Crippen LogP contribution is 2.28. The van der Waals surface area contributed by atoms with Gasteiger partial charge in [-0.1, -0.05) is 19.1 Å². The fourth-order valence-electron chi connectivity index (χ4n) is 2.50. The number of rotatable bonds is 5. The number of nitrogens with zero attached hydrogens (tertiary/aromatic N) is 2. The molecule has 0 atom stereocenters. The highest BCUT2D eigenvalue weighted by molar-refractivity contribution is 9.10. The van der Waals surface area contributed by atoms with Crippen LogP contribution in [0.5, 0.6) is 5.75 Å². The van der Waals surface area contributed by atoms with Gasteiger partial charge in [-0.05, 0) is 52.9 Å². The van der Waals surface area contributed by atoms with Crippen molar-refractivity contribution in [1.29, 1.82) is 0 Å². The first-order chi connectivity index (χ1) is 9.97. The molecular formula is C16H22BrN3O. The van der Waals surface area contributed by atoms with Crippen molar-refractivity contribution in [3.05, 3.63) is 44.7 Å². The Kier molecular flexibility index (Phi) is 5.06. The number of ether oxygens (including phenoxy) is 1. The summed E-state index contributed by atoms with van der Waals surface area (Å²) >= 11 is 3.62. The predicted octanol–water partition coefficient (Wildman–Crippen LogP) is 3.40. The Balaban J connectivity index is 2.23. The van der Waals surface area contributed by atoms with Crippen molar-refractivity contribution >= 4 is 15.9 Å². The second-order valence-electron chi connectivity index (χ2n) is 5.24. The molecule has 4 nitrogen and oxygen atoms in total. The van der Waals surface area contributed by atoms with Crippen LogP contribution in [0.4, 0.5) is 0 Å². The second kappa shape index (κ2) is 6.62. The number of hydrogen-bond acceptors (Lipinski definition) is 3. The van der Waals surface area contributed by atoms with Gasteiger partial charge in [0, 0.05) is 13.6 Å². The minimum Gasteiger partial charge on any atom is -0.487 e. The molecule has 0 unspecified atom stereocenters. The molecule has 1 heterocycles. The van der Waals surface area contributed by atoms with Gasteiger partial charge in [-0.15, -0.1) is 0 Å². The first-order valence-corrected chi connectivity index (χ1v) is 7.90. The zero-order valence-corrected chi connectivity index (χ0v) is 14.6. The maximum Gasteiger partial charge on any atom is 0.131 e. The summed E-state index contributed by atoms with van der Waals surface area (Å²) in [6.45, 7) is 7.24. The first kappa shape index (κ1) is 16.0. The second-order valence-corrected chi connectivity index (χ2v) is 6.03. The Bertz CT molecular complexity index is 626. The van der Waals surface area contributed by atoms with Crippen LogP contribution >= 0.6 is 15.9 Å². The molecule has 0 radical (unpaired) electrons. The smallest absolute Gasteiger partial charge is 0.131 e. The van der Waals surface area contributed by atoms with Gasteiger partial charge in [0.1, 0.15) is 12.4 Å². The van der Waals surface area contributed by atoms with Gasteiger partial charge >= 0.3 is 0 Å². The highest BCUT2D eigenvalue weighted by atomic mass is 79.9. The van der Waals surface area contributed by atoms with E-state index in [0.29, 0.717) is 13.2 Å². The summed E-state index contributed by atoms with van der Waals surface area (Å²) in [6, 6.07) is 4.16. The Morgan fingerprint density at radius 3 is 2.38 bits per heavy atom. The minimum atomic E-state index is 0.494. The van der Waals surface area contributed by atoms with E-state index in [0.717, 1.165) is 44.7 Å². The summed E-state index contributed by atoms with van der Waals surface area (Å²) in [5.74, 6) is 0.929. The van der Waals surface area contributed by atoms with E-state index in [-0.39, 0.29) is 0 Å². The standard InChI is InChI=1S/C16H22BrN3O/c1-5-13-15(17)14(20(4)19-13)9-21-16-10(2)6-12(8-18)7-11(16)3/h6-7H,5,8-9,18H2,1-4H3. The van der Waals surface area contributed by atoms with Crippen molar-refractivity contribution in [3.8, 4) is 5.75 Å². The third-order valence-electron chi connectivity index (χ3n) is 3.61. The summed E-state index contributed by atoms with van der Waals surface area (Å²) in [5, 5.41) is 4.49. The van der Waals surface area contributed by atoms with Crippen molar-refractivity contribution in [3.63, 3.8) is 0 Å². The van der Waals surface area contributed by atoms with E-state index in [1.165, 1.54) is 0 Å². The SMILES string of the molecule is CCc1nn(C)c(COc2c(C)cc(CN)cc2C)c1Br. The van der Waals surface area contributed by atoms with Gasteiger partial charge in [0.2, 0.25) is 0 Å². The summed E-state index contributed by atoms with van der Waals surface area (Å²) in [6.07, 6.45) is 0.900. The van der Waals surface area contributed by atoms with Gasteiger partial charge in [-0.25, -0.2) is 0 Å². The Hall–Kier alpha value is -1.33. The minimum absolute atomic E-state index is 0.494. The molecule has 2 N–H and O–H groups in total. The van der Waals surface area contributed by atoms with Crippen LogP contribution in [0.1, 0.15) is 35.0 Å². The van der Waals surface area contributed by atoms with Crippen LogP contribution in [0.25, 0.3) is 0 Å². The topological polar surface area (TPSA) is 53.1 Å². The molecule has 114 valence electrons. The van der Waals surface area contributed by atoms with Crippen molar-refractivity contribution in [2.45, 2.75) is 40.3 Å². The number of benzene rings is 1.